The maximum atomic E-state index is 4.35. The summed E-state index contributed by atoms with van der Waals surface area (Å²) in [6, 6.07) is 0. The third-order valence-electron chi connectivity index (χ3n) is 4.45. The first kappa shape index (κ1) is 12.4. The first-order valence-electron chi connectivity index (χ1n) is 6.87. The third-order valence-corrected chi connectivity index (χ3v) is 5.03. The predicted molar refractivity (Wildman–Crippen MR) is 74.6 cm³/mol. The highest BCUT2D eigenvalue weighted by Crippen LogP contribution is 2.45. The minimum absolute atomic E-state index is 0.667. The van der Waals surface area contributed by atoms with Crippen molar-refractivity contribution in [2.75, 3.05) is 19.3 Å². The van der Waals surface area contributed by atoms with Gasteiger partial charge in [-0.25, -0.2) is 9.97 Å². The Labute approximate surface area is 113 Å². The molecule has 2 heterocycles. The molecule has 1 aliphatic carbocycles. The van der Waals surface area contributed by atoms with Crippen molar-refractivity contribution in [3.8, 4) is 0 Å². The van der Waals surface area contributed by atoms with Gasteiger partial charge in [-0.1, -0.05) is 24.6 Å². The van der Waals surface area contributed by atoms with E-state index in [-0.39, 0.29) is 0 Å². The van der Waals surface area contributed by atoms with E-state index in [9.17, 15) is 0 Å². The molecule has 0 bridgehead atoms. The molecule has 3 nitrogen and oxygen atoms in total. The van der Waals surface area contributed by atoms with Crippen molar-refractivity contribution in [2.24, 2.45) is 5.41 Å². The van der Waals surface area contributed by atoms with Gasteiger partial charge in [0.2, 0.25) is 0 Å². The topological polar surface area (TPSA) is 29.0 Å². The Hall–Kier alpha value is -0.610. The van der Waals surface area contributed by atoms with Crippen LogP contribution in [-0.4, -0.2) is 34.2 Å². The van der Waals surface area contributed by atoms with E-state index < -0.39 is 0 Å². The molecular weight excluding hydrogens is 242 g/mol. The van der Waals surface area contributed by atoms with E-state index in [4.69, 9.17) is 0 Å². The first-order valence-corrected chi connectivity index (χ1v) is 8.09. The van der Waals surface area contributed by atoms with Gasteiger partial charge < -0.3 is 0 Å². The second-order valence-corrected chi connectivity index (χ2v) is 6.52. The minimum Gasteiger partial charge on any atom is -0.298 e. The van der Waals surface area contributed by atoms with Crippen molar-refractivity contribution >= 4 is 11.8 Å². The van der Waals surface area contributed by atoms with Crippen LogP contribution in [0.15, 0.2) is 17.6 Å². The lowest BCUT2D eigenvalue weighted by molar-refractivity contribution is 0.255. The minimum atomic E-state index is 0.667. The molecule has 1 saturated carbocycles. The normalized spacial score (nSPS) is 22.9. The summed E-state index contributed by atoms with van der Waals surface area (Å²) in [4.78, 5) is 11.3. The van der Waals surface area contributed by atoms with Gasteiger partial charge in [-0.2, -0.15) is 0 Å². The summed E-state index contributed by atoms with van der Waals surface area (Å²) in [5.41, 5.74) is 1.92. The molecule has 18 heavy (non-hydrogen) atoms. The maximum Gasteiger partial charge on any atom is 0.187 e. The molecule has 1 aromatic rings. The molecule has 1 aromatic heterocycles. The lowest BCUT2D eigenvalue weighted by Gasteiger charge is -2.23. The van der Waals surface area contributed by atoms with Crippen LogP contribution in [0.1, 0.15) is 37.7 Å². The number of thioether (sulfide) groups is 1. The molecule has 2 fully saturated rings. The average molecular weight is 263 g/mol. The number of hydrogen-bond donors (Lipinski definition) is 0. The number of likely N-dealkylation sites (tertiary alicyclic amines) is 1. The molecule has 0 unspecified atom stereocenters. The van der Waals surface area contributed by atoms with Gasteiger partial charge in [0.05, 0.1) is 0 Å². The van der Waals surface area contributed by atoms with E-state index >= 15 is 0 Å². The van der Waals surface area contributed by atoms with E-state index in [0.717, 1.165) is 11.7 Å². The zero-order valence-corrected chi connectivity index (χ0v) is 11.9. The smallest absolute Gasteiger partial charge is 0.187 e. The summed E-state index contributed by atoms with van der Waals surface area (Å²) in [6.45, 7) is 3.57. The van der Waals surface area contributed by atoms with Crippen molar-refractivity contribution in [3.05, 3.63) is 18.0 Å². The van der Waals surface area contributed by atoms with Crippen LogP contribution in [0.25, 0.3) is 0 Å². The molecule has 0 N–H and O–H groups in total. The highest BCUT2D eigenvalue weighted by molar-refractivity contribution is 7.98. The quantitative estimate of drug-likeness (QED) is 0.619. The van der Waals surface area contributed by atoms with E-state index in [1.54, 1.807) is 11.8 Å². The molecule has 4 heteroatoms. The Morgan fingerprint density at radius 1 is 1.22 bits per heavy atom. The van der Waals surface area contributed by atoms with E-state index in [0.29, 0.717) is 5.41 Å². The zero-order valence-electron chi connectivity index (χ0n) is 11.1. The molecule has 0 aromatic carbocycles. The van der Waals surface area contributed by atoms with Crippen molar-refractivity contribution in [1.29, 1.82) is 0 Å². The Morgan fingerprint density at radius 2 is 1.94 bits per heavy atom. The molecule has 2 aliphatic rings. The summed E-state index contributed by atoms with van der Waals surface area (Å²) in [5, 5.41) is 0.868. The Balaban J connectivity index is 1.60. The fraction of sp³-hybridized carbons (Fsp3) is 0.714. The van der Waals surface area contributed by atoms with Crippen LogP contribution in [-0.2, 0) is 6.54 Å². The first-order chi connectivity index (χ1) is 8.80. The van der Waals surface area contributed by atoms with Gasteiger partial charge in [0.1, 0.15) is 0 Å². The highest BCUT2D eigenvalue weighted by Gasteiger charge is 2.39. The monoisotopic (exact) mass is 263 g/mol. The summed E-state index contributed by atoms with van der Waals surface area (Å²) < 4.78 is 0. The second-order valence-electron chi connectivity index (χ2n) is 5.75. The fourth-order valence-corrected chi connectivity index (χ4v) is 3.80. The van der Waals surface area contributed by atoms with Crippen molar-refractivity contribution in [1.82, 2.24) is 14.9 Å². The van der Waals surface area contributed by atoms with E-state index in [1.807, 2.05) is 18.6 Å². The van der Waals surface area contributed by atoms with Crippen LogP contribution < -0.4 is 0 Å². The second kappa shape index (κ2) is 5.17. The Morgan fingerprint density at radius 3 is 2.61 bits per heavy atom. The molecule has 1 aliphatic heterocycles. The lowest BCUT2D eigenvalue weighted by Crippen LogP contribution is -2.24. The maximum absolute atomic E-state index is 4.35. The Kier molecular flexibility index (Phi) is 3.57. The SMILES string of the molecule is CSc1ncc(CN2CCC3(CCCC3)C2)cn1. The van der Waals surface area contributed by atoms with Gasteiger partial charge in [0.25, 0.3) is 0 Å². The van der Waals surface area contributed by atoms with Gasteiger partial charge >= 0.3 is 0 Å². The third kappa shape index (κ3) is 2.54. The standard InChI is InChI=1S/C14H21N3S/c1-18-13-15-8-12(9-16-13)10-17-7-6-14(11-17)4-2-3-5-14/h8-9H,2-7,10-11H2,1H3. The summed E-state index contributed by atoms with van der Waals surface area (Å²) >= 11 is 1.60. The largest absolute Gasteiger partial charge is 0.298 e. The van der Waals surface area contributed by atoms with E-state index in [2.05, 4.69) is 14.9 Å². The molecule has 0 radical (unpaired) electrons. The Bertz CT molecular complexity index is 398. The zero-order chi connectivity index (χ0) is 12.4. The average Bonchev–Trinajstić information content (AvgIpc) is 3.02. The van der Waals surface area contributed by atoms with Crippen LogP contribution in [0.3, 0.4) is 0 Å². The molecule has 1 spiro atoms. The number of rotatable bonds is 3. The number of hydrogen-bond acceptors (Lipinski definition) is 4. The van der Waals surface area contributed by atoms with Gasteiger partial charge in [0, 0.05) is 31.0 Å². The number of aromatic nitrogens is 2. The molecule has 98 valence electrons. The number of nitrogens with zero attached hydrogens (tertiary/aromatic N) is 3. The lowest BCUT2D eigenvalue weighted by atomic mass is 9.86. The van der Waals surface area contributed by atoms with Crippen LogP contribution in [0.5, 0.6) is 0 Å². The summed E-state index contributed by atoms with van der Waals surface area (Å²) in [6.07, 6.45) is 13.2. The van der Waals surface area contributed by atoms with E-state index in [1.165, 1.54) is 50.8 Å². The molecule has 0 amide bonds. The summed E-state index contributed by atoms with van der Waals surface area (Å²) in [7, 11) is 0. The predicted octanol–water partition coefficient (Wildman–Crippen LogP) is 2.96. The van der Waals surface area contributed by atoms with Crippen LogP contribution in [0, 0.1) is 5.41 Å². The fourth-order valence-electron chi connectivity index (χ4n) is 3.48. The van der Waals surface area contributed by atoms with Gasteiger partial charge in [-0.3, -0.25) is 4.90 Å². The van der Waals surface area contributed by atoms with Crippen LogP contribution in [0.4, 0.5) is 0 Å². The van der Waals surface area contributed by atoms with Crippen molar-refractivity contribution < 1.29 is 0 Å². The molecule has 3 rings (SSSR count). The molecule has 0 atom stereocenters. The van der Waals surface area contributed by atoms with Gasteiger partial charge in [-0.05, 0) is 37.5 Å². The van der Waals surface area contributed by atoms with Crippen LogP contribution in [0.2, 0.25) is 0 Å². The molecule has 1 saturated heterocycles. The highest BCUT2D eigenvalue weighted by atomic mass is 32.2. The van der Waals surface area contributed by atoms with Gasteiger partial charge in [-0.15, -0.1) is 0 Å². The summed E-state index contributed by atoms with van der Waals surface area (Å²) in [5.74, 6) is 0. The molecular formula is C14H21N3S. The van der Waals surface area contributed by atoms with Crippen molar-refractivity contribution in [2.45, 2.75) is 43.8 Å². The van der Waals surface area contributed by atoms with Gasteiger partial charge in [0.15, 0.2) is 5.16 Å². The van der Waals surface area contributed by atoms with Crippen molar-refractivity contribution in [3.63, 3.8) is 0 Å². The van der Waals surface area contributed by atoms with Crippen LogP contribution >= 0.6 is 11.8 Å².